The number of hydrogen-bond donors (Lipinski definition) is 0. The van der Waals surface area contributed by atoms with Crippen molar-refractivity contribution in [2.75, 3.05) is 7.11 Å². The molecule has 1 rings (SSSR count). The Morgan fingerprint density at radius 1 is 1.27 bits per heavy atom. The topological polar surface area (TPSA) is 9.23 Å². The van der Waals surface area contributed by atoms with Gasteiger partial charge in [-0.25, -0.2) is 0 Å². The Morgan fingerprint density at radius 3 is 2.09 bits per heavy atom. The van der Waals surface area contributed by atoms with Crippen LogP contribution in [0.1, 0.15) is 5.56 Å². The first-order valence-electron chi connectivity index (χ1n) is 3.05. The van der Waals surface area contributed by atoms with Crippen molar-refractivity contribution in [2.24, 2.45) is 0 Å². The van der Waals surface area contributed by atoms with Crippen LogP contribution in [0.25, 0.3) is 0 Å². The average Bonchev–Trinajstić information content (AvgIpc) is 2.10. The van der Waals surface area contributed by atoms with E-state index in [1.54, 1.807) is 7.11 Å². The molecule has 0 heterocycles. The second-order valence-electron chi connectivity index (χ2n) is 1.85. The summed E-state index contributed by atoms with van der Waals surface area (Å²) in [6, 6.07) is 7.61. The van der Waals surface area contributed by atoms with Crippen LogP contribution in [0.3, 0.4) is 0 Å². The summed E-state index contributed by atoms with van der Waals surface area (Å²) >= 11 is 4.25. The predicted molar refractivity (Wildman–Crippen MR) is 46.4 cm³/mol. The van der Waals surface area contributed by atoms with Gasteiger partial charge in [0, 0.05) is 0 Å². The Morgan fingerprint density at radius 2 is 1.73 bits per heavy atom. The molecule has 0 saturated carbocycles. The van der Waals surface area contributed by atoms with Crippen LogP contribution in [0.2, 0.25) is 0 Å². The number of halogens is 1. The second kappa shape index (κ2) is 6.69. The Balaban J connectivity index is 0.000000461. The van der Waals surface area contributed by atoms with Crippen LogP contribution in [0, 0.1) is 6.92 Å². The van der Waals surface area contributed by atoms with Crippen LogP contribution in [0.4, 0.5) is 0 Å². The van der Waals surface area contributed by atoms with E-state index in [1.807, 2.05) is 24.3 Å². The van der Waals surface area contributed by atoms with Crippen molar-refractivity contribution in [1.29, 1.82) is 0 Å². The third kappa shape index (κ3) is 4.44. The van der Waals surface area contributed by atoms with E-state index >= 15 is 0 Å². The second-order valence-corrected chi connectivity index (χ2v) is 1.85. The Kier molecular flexibility index (Phi) is 6.68. The zero-order valence-electron chi connectivity index (χ0n) is 6.51. The van der Waals surface area contributed by atoms with Gasteiger partial charge in [0.2, 0.25) is 0 Å². The first-order chi connectivity index (χ1) is 5.33. The molecule has 0 aromatic heterocycles. The number of ether oxygens (including phenoxy) is 1. The molecule has 0 aliphatic carbocycles. The van der Waals surface area contributed by atoms with Crippen molar-refractivity contribution in [1.82, 2.24) is 0 Å². The van der Waals surface area contributed by atoms with Gasteiger partial charge in [-0.05, 0) is 0 Å². The Hall–Kier alpha value is -0.00662. The average molecular weight is 266 g/mol. The monoisotopic (exact) mass is 264 g/mol. The summed E-state index contributed by atoms with van der Waals surface area (Å²) in [6.07, 6.45) is 0. The SMILES string of the molecule is [CH2-]c1ccc(OC)cc1.[Zn+][Br]. The molecule has 0 fully saturated rings. The fourth-order valence-electron chi connectivity index (χ4n) is 0.626. The summed E-state index contributed by atoms with van der Waals surface area (Å²) in [7, 11) is 1.65. The molecule has 0 radical (unpaired) electrons. The van der Waals surface area contributed by atoms with E-state index in [9.17, 15) is 0 Å². The molecule has 56 valence electrons. The summed E-state index contributed by atoms with van der Waals surface area (Å²) < 4.78 is 4.94. The molecule has 0 aliphatic rings. The molecule has 1 aromatic rings. The maximum absolute atomic E-state index is 4.94. The number of rotatable bonds is 1. The first-order valence-corrected chi connectivity index (χ1v) is 10.0. The van der Waals surface area contributed by atoms with Crippen LogP contribution in [-0.4, -0.2) is 7.11 Å². The molecule has 11 heavy (non-hydrogen) atoms. The summed E-state index contributed by atoms with van der Waals surface area (Å²) in [6.45, 7) is 3.74. The number of hydrogen-bond acceptors (Lipinski definition) is 1. The van der Waals surface area contributed by atoms with Crippen molar-refractivity contribution in [3.8, 4) is 5.75 Å². The van der Waals surface area contributed by atoms with E-state index in [4.69, 9.17) is 4.74 Å². The first kappa shape index (κ1) is 11.0. The molecule has 0 aliphatic heterocycles. The van der Waals surface area contributed by atoms with E-state index in [2.05, 4.69) is 20.5 Å². The van der Waals surface area contributed by atoms with Crippen LogP contribution < -0.4 is 4.74 Å². The minimum absolute atomic E-state index is 0.877. The molecule has 0 amide bonds. The van der Waals surface area contributed by atoms with E-state index in [0.29, 0.717) is 0 Å². The minimum atomic E-state index is 0.877. The van der Waals surface area contributed by atoms with Gasteiger partial charge in [-0.3, -0.25) is 0 Å². The fraction of sp³-hybridized carbons (Fsp3) is 0.125. The zero-order valence-corrected chi connectivity index (χ0v) is 11.1. The molecule has 1 aromatic carbocycles. The summed E-state index contributed by atoms with van der Waals surface area (Å²) in [5.41, 5.74) is 1.01. The third-order valence-corrected chi connectivity index (χ3v) is 1.16. The molecule has 0 N–H and O–H groups in total. The van der Waals surface area contributed by atoms with E-state index < -0.39 is 0 Å². The molecular formula is C8H9BrOZn. The molecular weight excluding hydrogens is 257 g/mol. The standard InChI is InChI=1S/C8H9O.BrH.Zn/c1-7-3-5-8(9-2)6-4-7;;/h3-6H,1H2,2H3;1H;/q-1;;+2/p-1. The molecule has 0 saturated heterocycles. The zero-order chi connectivity index (χ0) is 8.69. The normalized spacial score (nSPS) is 8.00. The maximum atomic E-state index is 4.94. The number of benzene rings is 1. The molecule has 0 bridgehead atoms. The van der Waals surface area contributed by atoms with Gasteiger partial charge in [0.25, 0.3) is 0 Å². The van der Waals surface area contributed by atoms with E-state index in [-0.39, 0.29) is 0 Å². The van der Waals surface area contributed by atoms with E-state index in [1.165, 1.54) is 16.3 Å². The van der Waals surface area contributed by atoms with Crippen molar-refractivity contribution >= 4 is 13.6 Å². The van der Waals surface area contributed by atoms with Gasteiger partial charge in [-0.2, -0.15) is 24.6 Å². The molecule has 1 nitrogen and oxygen atoms in total. The van der Waals surface area contributed by atoms with Crippen molar-refractivity contribution in [3.63, 3.8) is 0 Å². The summed E-state index contributed by atoms with van der Waals surface area (Å²) in [4.78, 5) is 0. The van der Waals surface area contributed by atoms with Crippen molar-refractivity contribution < 1.29 is 21.1 Å². The van der Waals surface area contributed by atoms with Gasteiger partial charge in [-0.1, -0.05) is 12.1 Å². The third-order valence-electron chi connectivity index (χ3n) is 1.16. The molecule has 3 heteroatoms. The van der Waals surface area contributed by atoms with Gasteiger partial charge in [0.15, 0.2) is 0 Å². The van der Waals surface area contributed by atoms with Crippen LogP contribution in [-0.2, 0) is 16.3 Å². The molecule has 0 atom stereocenters. The van der Waals surface area contributed by atoms with Gasteiger partial charge in [-0.15, -0.1) is 0 Å². The summed E-state index contributed by atoms with van der Waals surface area (Å²) in [5, 5.41) is 0. The number of methoxy groups -OCH3 is 1. The van der Waals surface area contributed by atoms with Crippen molar-refractivity contribution in [2.45, 2.75) is 0 Å². The fourth-order valence-corrected chi connectivity index (χ4v) is 0.626. The Bertz CT molecular complexity index is 186. The van der Waals surface area contributed by atoms with E-state index in [0.717, 1.165) is 11.3 Å². The van der Waals surface area contributed by atoms with Gasteiger partial charge >= 0.3 is 30.0 Å². The summed E-state index contributed by atoms with van der Waals surface area (Å²) in [5.74, 6) is 0.877. The quantitative estimate of drug-likeness (QED) is 0.561. The molecule has 0 unspecified atom stereocenters. The van der Waals surface area contributed by atoms with Crippen LogP contribution in [0.15, 0.2) is 24.3 Å². The van der Waals surface area contributed by atoms with Gasteiger partial charge in [0.1, 0.15) is 0 Å². The predicted octanol–water partition coefficient (Wildman–Crippen LogP) is 2.72. The van der Waals surface area contributed by atoms with Crippen molar-refractivity contribution in [3.05, 3.63) is 36.8 Å². The van der Waals surface area contributed by atoms with Gasteiger partial charge in [0.05, 0.1) is 12.9 Å². The van der Waals surface area contributed by atoms with Gasteiger partial charge < -0.3 is 4.74 Å². The molecule has 0 spiro atoms. The van der Waals surface area contributed by atoms with Crippen LogP contribution in [0.5, 0.6) is 5.75 Å². The van der Waals surface area contributed by atoms with Crippen LogP contribution >= 0.6 is 13.6 Å². The Labute approximate surface area is 84.2 Å².